The molecule has 0 aliphatic rings. The Balaban J connectivity index is 1.65. The quantitative estimate of drug-likeness (QED) is 0.311. The summed E-state index contributed by atoms with van der Waals surface area (Å²) >= 11 is 1.27. The van der Waals surface area contributed by atoms with Gasteiger partial charge in [0.25, 0.3) is 11.1 Å². The molecule has 0 saturated heterocycles. The summed E-state index contributed by atoms with van der Waals surface area (Å²) in [6.07, 6.45) is 0. The van der Waals surface area contributed by atoms with Crippen molar-refractivity contribution in [3.8, 4) is 5.69 Å². The highest BCUT2D eigenvalue weighted by molar-refractivity contribution is 7.98. The molecule has 2 aromatic heterocycles. The number of fused-ring (bicyclic) bond motifs is 2. The van der Waals surface area contributed by atoms with Gasteiger partial charge in [-0.2, -0.15) is 4.68 Å². The van der Waals surface area contributed by atoms with Crippen LogP contribution in [-0.2, 0) is 5.88 Å². The Labute approximate surface area is 187 Å². The minimum atomic E-state index is -0.232. The second-order valence-electron chi connectivity index (χ2n) is 7.46. The van der Waals surface area contributed by atoms with Gasteiger partial charge in [0.05, 0.1) is 27.9 Å². The Bertz CT molecular complexity index is 1610. The number of benzene rings is 3. The average molecular weight is 442 g/mol. The molecule has 0 atom stereocenters. The number of hydrogen-bond acceptors (Lipinski definition) is 6. The van der Waals surface area contributed by atoms with Crippen LogP contribution in [0.15, 0.2) is 81.5 Å². The first-order valence-electron chi connectivity index (χ1n) is 10.1. The van der Waals surface area contributed by atoms with Gasteiger partial charge in [0, 0.05) is 0 Å². The van der Waals surface area contributed by atoms with Gasteiger partial charge in [0.2, 0.25) is 0 Å². The summed E-state index contributed by atoms with van der Waals surface area (Å²) in [5, 5.41) is 9.73. The van der Waals surface area contributed by atoms with E-state index >= 15 is 0 Å². The third-order valence-electron chi connectivity index (χ3n) is 5.51. The van der Waals surface area contributed by atoms with Crippen molar-refractivity contribution in [2.45, 2.75) is 24.9 Å². The summed E-state index contributed by atoms with van der Waals surface area (Å²) in [6.45, 7) is 4.00. The molecule has 7 nitrogen and oxygen atoms in total. The molecule has 0 amide bonds. The van der Waals surface area contributed by atoms with E-state index in [0.29, 0.717) is 27.0 Å². The van der Waals surface area contributed by atoms with Crippen LogP contribution in [0, 0.1) is 13.8 Å². The lowest BCUT2D eigenvalue weighted by atomic mass is 10.1. The third-order valence-corrected chi connectivity index (χ3v) is 6.41. The van der Waals surface area contributed by atoms with Crippen LogP contribution in [0.3, 0.4) is 0 Å². The first-order chi connectivity index (χ1) is 15.5. The molecule has 158 valence electrons. The molecule has 0 bridgehead atoms. The molecular formula is C24H19N5O2S. The molecule has 0 N–H and O–H groups in total. The van der Waals surface area contributed by atoms with E-state index in [9.17, 15) is 9.59 Å². The highest BCUT2D eigenvalue weighted by atomic mass is 32.2. The molecule has 32 heavy (non-hydrogen) atoms. The lowest BCUT2D eigenvalue weighted by molar-refractivity contribution is 0.642. The summed E-state index contributed by atoms with van der Waals surface area (Å²) in [6, 6.07) is 20.2. The van der Waals surface area contributed by atoms with Crippen molar-refractivity contribution in [2.24, 2.45) is 0 Å². The van der Waals surface area contributed by atoms with Crippen LogP contribution in [-0.4, -0.2) is 24.5 Å². The highest BCUT2D eigenvalue weighted by Gasteiger charge is 2.16. The number of para-hydroxylation sites is 1. The van der Waals surface area contributed by atoms with Gasteiger partial charge in [-0.1, -0.05) is 53.4 Å². The monoisotopic (exact) mass is 441 g/mol. The lowest BCUT2D eigenvalue weighted by Gasteiger charge is -2.16. The molecule has 2 heterocycles. The fourth-order valence-electron chi connectivity index (χ4n) is 3.63. The molecule has 0 unspecified atom stereocenters. The topological polar surface area (TPSA) is 82.7 Å². The second-order valence-corrected chi connectivity index (χ2v) is 8.37. The van der Waals surface area contributed by atoms with Crippen LogP contribution in [0.1, 0.15) is 11.1 Å². The Hall–Kier alpha value is -3.78. The van der Waals surface area contributed by atoms with Gasteiger partial charge in [-0.3, -0.25) is 14.2 Å². The van der Waals surface area contributed by atoms with Crippen molar-refractivity contribution in [1.82, 2.24) is 24.5 Å². The van der Waals surface area contributed by atoms with Gasteiger partial charge >= 0.3 is 0 Å². The highest BCUT2D eigenvalue weighted by Crippen LogP contribution is 2.25. The van der Waals surface area contributed by atoms with Crippen molar-refractivity contribution in [3.05, 3.63) is 98.6 Å². The Morgan fingerprint density at radius 2 is 1.50 bits per heavy atom. The molecule has 5 rings (SSSR count). The molecular weight excluding hydrogens is 422 g/mol. The first kappa shape index (κ1) is 20.1. The van der Waals surface area contributed by atoms with Crippen molar-refractivity contribution >= 4 is 33.6 Å². The predicted octanol–water partition coefficient (Wildman–Crippen LogP) is 3.86. The molecule has 0 radical (unpaired) electrons. The molecule has 8 heteroatoms. The fourth-order valence-corrected chi connectivity index (χ4v) is 4.51. The van der Waals surface area contributed by atoms with E-state index in [2.05, 4.69) is 10.3 Å². The maximum Gasteiger partial charge on any atom is 0.278 e. The molecule has 0 aliphatic heterocycles. The SMILES string of the molecule is Cc1cccc(-n2c(SCn3nnc4ccccc4c3=O)nc3ccccc3c2=O)c1C. The van der Waals surface area contributed by atoms with Crippen LogP contribution in [0.2, 0.25) is 0 Å². The predicted molar refractivity (Wildman–Crippen MR) is 126 cm³/mol. The van der Waals surface area contributed by atoms with Gasteiger partial charge in [-0.05, 0) is 55.3 Å². The molecule has 0 saturated carbocycles. The Kier molecular flexibility index (Phi) is 5.07. The van der Waals surface area contributed by atoms with Gasteiger partial charge < -0.3 is 0 Å². The van der Waals surface area contributed by atoms with Gasteiger partial charge in [-0.15, -0.1) is 5.10 Å². The lowest BCUT2D eigenvalue weighted by Crippen LogP contribution is -2.25. The van der Waals surface area contributed by atoms with Gasteiger partial charge in [0.1, 0.15) is 5.52 Å². The van der Waals surface area contributed by atoms with E-state index in [0.717, 1.165) is 16.8 Å². The zero-order valence-corrected chi connectivity index (χ0v) is 18.3. The van der Waals surface area contributed by atoms with Crippen LogP contribution < -0.4 is 11.1 Å². The second kappa shape index (κ2) is 8.05. The van der Waals surface area contributed by atoms with E-state index < -0.39 is 0 Å². The van der Waals surface area contributed by atoms with Crippen molar-refractivity contribution in [2.75, 3.05) is 0 Å². The summed E-state index contributed by atoms with van der Waals surface area (Å²) in [7, 11) is 0. The number of aromatic nitrogens is 5. The average Bonchev–Trinajstić information content (AvgIpc) is 2.81. The van der Waals surface area contributed by atoms with E-state index in [1.165, 1.54) is 16.4 Å². The Morgan fingerprint density at radius 1 is 0.812 bits per heavy atom. The molecule has 3 aromatic carbocycles. The number of nitrogens with zero attached hydrogens (tertiary/aromatic N) is 5. The van der Waals surface area contributed by atoms with Crippen molar-refractivity contribution in [3.63, 3.8) is 0 Å². The standard InChI is InChI=1S/C24H19N5O2S/c1-15-8-7-13-21(16(15)2)29-23(31)17-9-3-5-11-19(17)25-24(29)32-14-28-22(30)18-10-4-6-12-20(18)26-27-28/h3-13H,14H2,1-2H3. The zero-order valence-electron chi connectivity index (χ0n) is 17.5. The summed E-state index contributed by atoms with van der Waals surface area (Å²) < 4.78 is 2.91. The third kappa shape index (κ3) is 3.38. The summed E-state index contributed by atoms with van der Waals surface area (Å²) in [4.78, 5) is 31.1. The molecule has 5 aromatic rings. The largest absolute Gasteiger partial charge is 0.278 e. The maximum atomic E-state index is 13.5. The van der Waals surface area contributed by atoms with Crippen LogP contribution in [0.25, 0.3) is 27.5 Å². The molecule has 0 fully saturated rings. The van der Waals surface area contributed by atoms with E-state index in [1.807, 2.05) is 56.3 Å². The van der Waals surface area contributed by atoms with E-state index in [-0.39, 0.29) is 17.0 Å². The van der Waals surface area contributed by atoms with Crippen LogP contribution in [0.5, 0.6) is 0 Å². The smallest absolute Gasteiger partial charge is 0.268 e. The normalized spacial score (nSPS) is 11.3. The summed E-state index contributed by atoms with van der Waals surface area (Å²) in [5.41, 5.74) is 3.63. The number of aryl methyl sites for hydroxylation is 1. The van der Waals surface area contributed by atoms with Crippen LogP contribution >= 0.6 is 11.8 Å². The van der Waals surface area contributed by atoms with Gasteiger partial charge in [0.15, 0.2) is 5.16 Å². The van der Waals surface area contributed by atoms with Crippen molar-refractivity contribution < 1.29 is 0 Å². The van der Waals surface area contributed by atoms with Crippen molar-refractivity contribution in [1.29, 1.82) is 0 Å². The maximum absolute atomic E-state index is 13.5. The first-order valence-corrected chi connectivity index (χ1v) is 11.1. The number of hydrogen-bond donors (Lipinski definition) is 0. The Morgan fingerprint density at radius 3 is 2.28 bits per heavy atom. The molecule has 0 spiro atoms. The number of thioether (sulfide) groups is 1. The fraction of sp³-hybridized carbons (Fsp3) is 0.125. The van der Waals surface area contributed by atoms with Gasteiger partial charge in [-0.25, -0.2) is 4.98 Å². The minimum absolute atomic E-state index is 0.149. The van der Waals surface area contributed by atoms with E-state index in [1.54, 1.807) is 28.8 Å². The van der Waals surface area contributed by atoms with E-state index in [4.69, 9.17) is 4.98 Å². The van der Waals surface area contributed by atoms with Crippen LogP contribution in [0.4, 0.5) is 0 Å². The zero-order chi connectivity index (χ0) is 22.2. The molecule has 0 aliphatic carbocycles. The number of rotatable bonds is 4. The minimum Gasteiger partial charge on any atom is -0.268 e. The summed E-state index contributed by atoms with van der Waals surface area (Å²) in [5.74, 6) is 0.173.